The van der Waals surface area contributed by atoms with Crippen LogP contribution in [0.15, 0.2) is 24.3 Å². The lowest BCUT2D eigenvalue weighted by atomic mass is 10.2. The quantitative estimate of drug-likeness (QED) is 0.496. The van der Waals surface area contributed by atoms with E-state index >= 15 is 0 Å². The van der Waals surface area contributed by atoms with Crippen LogP contribution >= 0.6 is 0 Å². The molecule has 7 heteroatoms. The molecule has 0 unspecified atom stereocenters. The van der Waals surface area contributed by atoms with Gasteiger partial charge in [-0.15, -0.1) is 0 Å². The second kappa shape index (κ2) is 8.36. The maximum absolute atomic E-state index is 12.0. The first-order valence-electron chi connectivity index (χ1n) is 8.14. The molecule has 1 aromatic rings. The van der Waals surface area contributed by atoms with Crippen LogP contribution in [0.4, 0.5) is 16.2 Å². The van der Waals surface area contributed by atoms with Gasteiger partial charge in [0, 0.05) is 50.5 Å². The summed E-state index contributed by atoms with van der Waals surface area (Å²) in [5.74, 6) is 0. The van der Waals surface area contributed by atoms with E-state index in [2.05, 4.69) is 17.1 Å². The maximum atomic E-state index is 12.0. The number of rotatable bonds is 6. The van der Waals surface area contributed by atoms with Crippen LogP contribution in [-0.4, -0.2) is 48.6 Å². The number of nitro groups is 1. The van der Waals surface area contributed by atoms with Crippen LogP contribution < -0.4 is 10.2 Å². The Morgan fingerprint density at radius 3 is 2.39 bits per heavy atom. The average Bonchev–Trinajstić information content (AvgIpc) is 2.59. The van der Waals surface area contributed by atoms with E-state index in [0.717, 1.165) is 44.6 Å². The molecule has 23 heavy (non-hydrogen) atoms. The van der Waals surface area contributed by atoms with Gasteiger partial charge in [0.25, 0.3) is 5.69 Å². The summed E-state index contributed by atoms with van der Waals surface area (Å²) in [5, 5.41) is 13.6. The highest BCUT2D eigenvalue weighted by Crippen LogP contribution is 2.20. The SMILES string of the molecule is CCCCCNC(=O)N1CCN(c2ccc([N+](=O)[O-])cc2)CC1. The summed E-state index contributed by atoms with van der Waals surface area (Å²) in [4.78, 5) is 26.3. The van der Waals surface area contributed by atoms with E-state index in [1.165, 1.54) is 12.1 Å². The van der Waals surface area contributed by atoms with Gasteiger partial charge in [-0.2, -0.15) is 0 Å². The zero-order chi connectivity index (χ0) is 16.7. The molecule has 7 nitrogen and oxygen atoms in total. The van der Waals surface area contributed by atoms with Gasteiger partial charge in [-0.1, -0.05) is 19.8 Å². The number of anilines is 1. The Labute approximate surface area is 136 Å². The highest BCUT2D eigenvalue weighted by atomic mass is 16.6. The molecule has 1 aliphatic heterocycles. The first-order valence-corrected chi connectivity index (χ1v) is 8.14. The van der Waals surface area contributed by atoms with E-state index in [-0.39, 0.29) is 11.7 Å². The van der Waals surface area contributed by atoms with Crippen molar-refractivity contribution in [2.24, 2.45) is 0 Å². The maximum Gasteiger partial charge on any atom is 0.317 e. The van der Waals surface area contributed by atoms with E-state index in [4.69, 9.17) is 0 Å². The number of benzene rings is 1. The number of unbranched alkanes of at least 4 members (excludes halogenated alkanes) is 2. The largest absolute Gasteiger partial charge is 0.368 e. The summed E-state index contributed by atoms with van der Waals surface area (Å²) in [6.45, 7) is 5.67. The fourth-order valence-corrected chi connectivity index (χ4v) is 2.64. The molecule has 1 N–H and O–H groups in total. The third-order valence-corrected chi connectivity index (χ3v) is 4.05. The van der Waals surface area contributed by atoms with E-state index in [1.54, 1.807) is 12.1 Å². The minimum absolute atomic E-state index is 0.00412. The van der Waals surface area contributed by atoms with E-state index in [1.807, 2.05) is 4.90 Å². The smallest absolute Gasteiger partial charge is 0.317 e. The van der Waals surface area contributed by atoms with Crippen LogP contribution in [0, 0.1) is 10.1 Å². The molecule has 0 bridgehead atoms. The molecular formula is C16H24N4O3. The summed E-state index contributed by atoms with van der Waals surface area (Å²) in [5.41, 5.74) is 1.05. The zero-order valence-electron chi connectivity index (χ0n) is 13.5. The molecular weight excluding hydrogens is 296 g/mol. The van der Waals surface area contributed by atoms with Crippen LogP contribution in [0.1, 0.15) is 26.2 Å². The molecule has 126 valence electrons. The second-order valence-electron chi connectivity index (χ2n) is 5.69. The number of carbonyl (C=O) groups excluding carboxylic acids is 1. The number of carbonyl (C=O) groups is 1. The first kappa shape index (κ1) is 17.1. The van der Waals surface area contributed by atoms with Crippen LogP contribution in [0.2, 0.25) is 0 Å². The van der Waals surface area contributed by atoms with Gasteiger partial charge in [-0.3, -0.25) is 10.1 Å². The lowest BCUT2D eigenvalue weighted by Gasteiger charge is -2.36. The van der Waals surface area contributed by atoms with Crippen molar-refractivity contribution in [1.29, 1.82) is 0 Å². The fraction of sp³-hybridized carbons (Fsp3) is 0.562. The summed E-state index contributed by atoms with van der Waals surface area (Å²) in [7, 11) is 0. The van der Waals surface area contributed by atoms with Gasteiger partial charge >= 0.3 is 6.03 Å². The number of nitrogens with zero attached hydrogens (tertiary/aromatic N) is 3. The molecule has 0 spiro atoms. The number of hydrogen-bond acceptors (Lipinski definition) is 4. The monoisotopic (exact) mass is 320 g/mol. The number of amides is 2. The normalized spacial score (nSPS) is 14.7. The molecule has 0 radical (unpaired) electrons. The van der Waals surface area contributed by atoms with E-state index in [0.29, 0.717) is 13.1 Å². The second-order valence-corrected chi connectivity index (χ2v) is 5.69. The molecule has 1 fully saturated rings. The van der Waals surface area contributed by atoms with Crippen LogP contribution in [0.5, 0.6) is 0 Å². The average molecular weight is 320 g/mol. The van der Waals surface area contributed by atoms with Gasteiger partial charge in [-0.05, 0) is 18.6 Å². The predicted molar refractivity (Wildman–Crippen MR) is 89.8 cm³/mol. The summed E-state index contributed by atoms with van der Waals surface area (Å²) < 4.78 is 0. The van der Waals surface area contributed by atoms with Crippen molar-refractivity contribution < 1.29 is 9.72 Å². The summed E-state index contributed by atoms with van der Waals surface area (Å²) in [6.07, 6.45) is 3.29. The van der Waals surface area contributed by atoms with Crippen molar-refractivity contribution in [2.45, 2.75) is 26.2 Å². The number of nitrogens with one attached hydrogen (secondary N) is 1. The standard InChI is InChI=1S/C16H24N4O3/c1-2-3-4-9-17-16(21)19-12-10-18(11-13-19)14-5-7-15(8-6-14)20(22)23/h5-8H,2-4,9-13H2,1H3,(H,17,21). The zero-order valence-corrected chi connectivity index (χ0v) is 13.5. The Bertz CT molecular complexity index is 525. The van der Waals surface area contributed by atoms with E-state index < -0.39 is 4.92 Å². The number of non-ortho nitro benzene ring substituents is 1. The minimum Gasteiger partial charge on any atom is -0.368 e. The third-order valence-electron chi connectivity index (χ3n) is 4.05. The molecule has 2 amide bonds. The van der Waals surface area contributed by atoms with Crippen LogP contribution in [0.25, 0.3) is 0 Å². The number of hydrogen-bond donors (Lipinski definition) is 1. The van der Waals surface area contributed by atoms with Gasteiger partial charge in [0.2, 0.25) is 0 Å². The lowest BCUT2D eigenvalue weighted by molar-refractivity contribution is -0.384. The van der Waals surface area contributed by atoms with E-state index in [9.17, 15) is 14.9 Å². The molecule has 0 atom stereocenters. The topological polar surface area (TPSA) is 78.7 Å². The lowest BCUT2D eigenvalue weighted by Crippen LogP contribution is -2.52. The molecule has 1 saturated heterocycles. The molecule has 1 aliphatic rings. The number of urea groups is 1. The molecule has 1 heterocycles. The molecule has 1 aromatic carbocycles. The summed E-state index contributed by atoms with van der Waals surface area (Å²) in [6, 6.07) is 6.56. The molecule has 0 saturated carbocycles. The van der Waals surface area contributed by atoms with Gasteiger partial charge in [-0.25, -0.2) is 4.79 Å². The first-order chi connectivity index (χ1) is 11.1. The third kappa shape index (κ3) is 4.84. The Morgan fingerprint density at radius 2 is 1.83 bits per heavy atom. The Balaban J connectivity index is 1.79. The Kier molecular flexibility index (Phi) is 6.19. The molecule has 2 rings (SSSR count). The Morgan fingerprint density at radius 1 is 1.17 bits per heavy atom. The molecule has 0 aliphatic carbocycles. The number of nitro benzene ring substituents is 1. The van der Waals surface area contributed by atoms with Crippen LogP contribution in [0.3, 0.4) is 0 Å². The van der Waals surface area contributed by atoms with Crippen molar-refractivity contribution in [3.8, 4) is 0 Å². The van der Waals surface area contributed by atoms with Gasteiger partial charge in [0.1, 0.15) is 0 Å². The van der Waals surface area contributed by atoms with Gasteiger partial charge < -0.3 is 15.1 Å². The van der Waals surface area contributed by atoms with Gasteiger partial charge in [0.15, 0.2) is 0 Å². The Hall–Kier alpha value is -2.31. The van der Waals surface area contributed by atoms with Gasteiger partial charge in [0.05, 0.1) is 4.92 Å². The number of piperazine rings is 1. The van der Waals surface area contributed by atoms with Crippen LogP contribution in [-0.2, 0) is 0 Å². The highest BCUT2D eigenvalue weighted by Gasteiger charge is 2.21. The van der Waals surface area contributed by atoms with Crippen molar-refractivity contribution in [3.63, 3.8) is 0 Å². The summed E-state index contributed by atoms with van der Waals surface area (Å²) >= 11 is 0. The molecule has 0 aromatic heterocycles. The predicted octanol–water partition coefficient (Wildman–Crippen LogP) is 2.62. The highest BCUT2D eigenvalue weighted by molar-refractivity contribution is 5.74. The van der Waals surface area contributed by atoms with Crippen molar-refractivity contribution in [2.75, 3.05) is 37.6 Å². The van der Waals surface area contributed by atoms with Crippen molar-refractivity contribution in [3.05, 3.63) is 34.4 Å². The minimum atomic E-state index is -0.398. The fourth-order valence-electron chi connectivity index (χ4n) is 2.64. The van der Waals surface area contributed by atoms with Crippen molar-refractivity contribution in [1.82, 2.24) is 10.2 Å². The van der Waals surface area contributed by atoms with Crippen molar-refractivity contribution >= 4 is 17.4 Å².